The fourth-order valence-corrected chi connectivity index (χ4v) is 2.46. The first-order valence-corrected chi connectivity index (χ1v) is 8.57. The van der Waals surface area contributed by atoms with E-state index in [4.69, 9.17) is 13.9 Å². The molecule has 1 amide bonds. The van der Waals surface area contributed by atoms with Gasteiger partial charge in [-0.2, -0.15) is 0 Å². The standard InChI is InChI=1S/C21H21NO5/c1-21(2,3)27-20(24)13-18(23)22-19-12-14-11-16(9-10-17(14)26-19)25-15-7-5-4-6-8-15/h4-12H,13H2,1-3H3,(H,22,23). The predicted octanol–water partition coefficient (Wildman–Crippen LogP) is 4.90. The summed E-state index contributed by atoms with van der Waals surface area (Å²) in [6.07, 6.45) is -0.378. The molecular weight excluding hydrogens is 346 g/mol. The molecule has 3 rings (SSSR count). The molecule has 0 saturated heterocycles. The summed E-state index contributed by atoms with van der Waals surface area (Å²) in [6, 6.07) is 16.5. The normalized spacial score (nSPS) is 11.2. The minimum absolute atomic E-state index is 0.260. The van der Waals surface area contributed by atoms with E-state index in [-0.39, 0.29) is 12.3 Å². The summed E-state index contributed by atoms with van der Waals surface area (Å²) in [5.74, 6) is 0.557. The first kappa shape index (κ1) is 18.5. The first-order valence-electron chi connectivity index (χ1n) is 8.57. The molecule has 0 aliphatic rings. The van der Waals surface area contributed by atoms with Crippen LogP contribution in [0, 0.1) is 0 Å². The Hall–Kier alpha value is -3.28. The second-order valence-corrected chi connectivity index (χ2v) is 7.04. The molecule has 0 spiro atoms. The summed E-state index contributed by atoms with van der Waals surface area (Å²) in [5, 5.41) is 3.34. The number of fused-ring (bicyclic) bond motifs is 1. The van der Waals surface area contributed by atoms with E-state index in [0.29, 0.717) is 11.3 Å². The molecule has 27 heavy (non-hydrogen) atoms. The van der Waals surface area contributed by atoms with Gasteiger partial charge in [-0.15, -0.1) is 0 Å². The number of ether oxygens (including phenoxy) is 2. The van der Waals surface area contributed by atoms with Gasteiger partial charge in [-0.05, 0) is 51.1 Å². The van der Waals surface area contributed by atoms with Crippen molar-refractivity contribution in [1.82, 2.24) is 0 Å². The fourth-order valence-electron chi connectivity index (χ4n) is 2.46. The number of nitrogens with one attached hydrogen (secondary N) is 1. The molecule has 0 unspecified atom stereocenters. The number of furan rings is 1. The number of hydrogen-bond acceptors (Lipinski definition) is 5. The van der Waals surface area contributed by atoms with E-state index in [1.807, 2.05) is 36.4 Å². The minimum Gasteiger partial charge on any atom is -0.460 e. The quantitative estimate of drug-likeness (QED) is 0.513. The van der Waals surface area contributed by atoms with Crippen molar-refractivity contribution >= 4 is 28.7 Å². The van der Waals surface area contributed by atoms with E-state index in [9.17, 15) is 9.59 Å². The van der Waals surface area contributed by atoms with Crippen LogP contribution in [0.3, 0.4) is 0 Å². The lowest BCUT2D eigenvalue weighted by Crippen LogP contribution is -2.27. The third-order valence-corrected chi connectivity index (χ3v) is 3.45. The second-order valence-electron chi connectivity index (χ2n) is 7.04. The molecule has 3 aromatic rings. The average molecular weight is 367 g/mol. The molecule has 1 N–H and O–H groups in total. The highest BCUT2D eigenvalue weighted by atomic mass is 16.6. The van der Waals surface area contributed by atoms with Gasteiger partial charge in [-0.3, -0.25) is 14.9 Å². The lowest BCUT2D eigenvalue weighted by Gasteiger charge is -2.19. The van der Waals surface area contributed by atoms with Crippen LogP contribution in [0.4, 0.5) is 5.88 Å². The van der Waals surface area contributed by atoms with Gasteiger partial charge >= 0.3 is 5.97 Å². The molecule has 0 aliphatic carbocycles. The van der Waals surface area contributed by atoms with Gasteiger partial charge in [0, 0.05) is 11.5 Å². The zero-order valence-electron chi connectivity index (χ0n) is 15.4. The minimum atomic E-state index is -0.633. The number of anilines is 1. The van der Waals surface area contributed by atoms with Gasteiger partial charge in [0.1, 0.15) is 29.1 Å². The first-order chi connectivity index (χ1) is 12.8. The number of benzene rings is 2. The Balaban J connectivity index is 1.66. The third kappa shape index (κ3) is 5.34. The van der Waals surface area contributed by atoms with E-state index in [0.717, 1.165) is 11.1 Å². The number of rotatable bonds is 5. The number of amides is 1. The Labute approximate surface area is 157 Å². The van der Waals surface area contributed by atoms with Gasteiger partial charge < -0.3 is 13.9 Å². The van der Waals surface area contributed by atoms with E-state index < -0.39 is 17.5 Å². The van der Waals surface area contributed by atoms with Gasteiger partial charge in [0.05, 0.1) is 0 Å². The van der Waals surface area contributed by atoms with E-state index in [1.165, 1.54) is 0 Å². The number of esters is 1. The van der Waals surface area contributed by atoms with E-state index >= 15 is 0 Å². The van der Waals surface area contributed by atoms with Crippen LogP contribution in [-0.4, -0.2) is 17.5 Å². The van der Waals surface area contributed by atoms with Crippen molar-refractivity contribution in [3.05, 3.63) is 54.6 Å². The smallest absolute Gasteiger partial charge is 0.315 e. The summed E-state index contributed by atoms with van der Waals surface area (Å²) in [4.78, 5) is 23.7. The van der Waals surface area contributed by atoms with E-state index in [2.05, 4.69) is 5.32 Å². The Morgan fingerprint density at radius 1 is 1.00 bits per heavy atom. The number of carbonyl (C=O) groups excluding carboxylic acids is 2. The Bertz CT molecular complexity index is 954. The molecule has 0 aliphatic heterocycles. The molecule has 0 atom stereocenters. The van der Waals surface area contributed by atoms with Crippen LogP contribution < -0.4 is 10.1 Å². The van der Waals surface area contributed by atoms with Crippen LogP contribution in [0.15, 0.2) is 59.0 Å². The summed E-state index contributed by atoms with van der Waals surface area (Å²) < 4.78 is 16.5. The van der Waals surface area contributed by atoms with Gasteiger partial charge in [-0.25, -0.2) is 0 Å². The topological polar surface area (TPSA) is 77.8 Å². The Morgan fingerprint density at radius 2 is 1.74 bits per heavy atom. The van der Waals surface area contributed by atoms with Crippen LogP contribution in [0.25, 0.3) is 11.0 Å². The number of hydrogen-bond donors (Lipinski definition) is 1. The highest BCUT2D eigenvalue weighted by Crippen LogP contribution is 2.29. The summed E-state index contributed by atoms with van der Waals surface area (Å²) >= 11 is 0. The van der Waals surface area contributed by atoms with Gasteiger partial charge in [0.25, 0.3) is 0 Å². The van der Waals surface area contributed by atoms with Crippen molar-refractivity contribution in [3.8, 4) is 11.5 Å². The van der Waals surface area contributed by atoms with Crippen molar-refractivity contribution in [2.45, 2.75) is 32.8 Å². The van der Waals surface area contributed by atoms with Crippen molar-refractivity contribution in [3.63, 3.8) is 0 Å². The monoisotopic (exact) mass is 367 g/mol. The zero-order chi connectivity index (χ0) is 19.4. The van der Waals surface area contributed by atoms with Crippen LogP contribution >= 0.6 is 0 Å². The molecule has 0 bridgehead atoms. The van der Waals surface area contributed by atoms with Crippen LogP contribution in [-0.2, 0) is 14.3 Å². The van der Waals surface area contributed by atoms with Crippen LogP contribution in [0.5, 0.6) is 11.5 Å². The maximum absolute atomic E-state index is 12.0. The Morgan fingerprint density at radius 3 is 2.44 bits per heavy atom. The second kappa shape index (κ2) is 7.53. The molecule has 6 heteroatoms. The van der Waals surface area contributed by atoms with Crippen LogP contribution in [0.1, 0.15) is 27.2 Å². The molecule has 1 heterocycles. The number of carbonyl (C=O) groups is 2. The fraction of sp³-hybridized carbons (Fsp3) is 0.238. The molecule has 0 radical (unpaired) electrons. The maximum atomic E-state index is 12.0. The molecule has 0 saturated carbocycles. The molecule has 2 aromatic carbocycles. The molecule has 0 fully saturated rings. The molecule has 6 nitrogen and oxygen atoms in total. The summed E-state index contributed by atoms with van der Waals surface area (Å²) in [5.41, 5.74) is -0.0331. The molecule has 1 aromatic heterocycles. The van der Waals surface area contributed by atoms with Gasteiger partial charge in [0.15, 0.2) is 0 Å². The largest absolute Gasteiger partial charge is 0.460 e. The molecular formula is C21H21NO5. The van der Waals surface area contributed by atoms with Crippen molar-refractivity contribution in [2.24, 2.45) is 0 Å². The summed E-state index contributed by atoms with van der Waals surface area (Å²) in [7, 11) is 0. The Kier molecular flexibility index (Phi) is 5.16. The lowest BCUT2D eigenvalue weighted by molar-refractivity contribution is -0.155. The molecule has 140 valence electrons. The highest BCUT2D eigenvalue weighted by Gasteiger charge is 2.19. The number of para-hydroxylation sites is 1. The average Bonchev–Trinajstić information content (AvgIpc) is 2.95. The summed E-state index contributed by atoms with van der Waals surface area (Å²) in [6.45, 7) is 5.24. The van der Waals surface area contributed by atoms with Crippen molar-refractivity contribution in [1.29, 1.82) is 0 Å². The van der Waals surface area contributed by atoms with Gasteiger partial charge in [-0.1, -0.05) is 18.2 Å². The van der Waals surface area contributed by atoms with Crippen molar-refractivity contribution in [2.75, 3.05) is 5.32 Å². The van der Waals surface area contributed by atoms with Gasteiger partial charge in [0.2, 0.25) is 11.8 Å². The SMILES string of the molecule is CC(C)(C)OC(=O)CC(=O)Nc1cc2cc(Oc3ccccc3)ccc2o1. The third-order valence-electron chi connectivity index (χ3n) is 3.45. The lowest BCUT2D eigenvalue weighted by atomic mass is 10.2. The van der Waals surface area contributed by atoms with E-state index in [1.54, 1.807) is 39.0 Å². The predicted molar refractivity (Wildman–Crippen MR) is 102 cm³/mol. The highest BCUT2D eigenvalue weighted by molar-refractivity contribution is 6.02. The van der Waals surface area contributed by atoms with Crippen LogP contribution in [0.2, 0.25) is 0 Å². The zero-order valence-corrected chi connectivity index (χ0v) is 15.4. The maximum Gasteiger partial charge on any atom is 0.315 e. The van der Waals surface area contributed by atoms with Crippen molar-refractivity contribution < 1.29 is 23.5 Å².